The Morgan fingerprint density at radius 3 is 2.04 bits per heavy atom. The van der Waals surface area contributed by atoms with Crippen LogP contribution in [0.5, 0.6) is 5.75 Å². The largest absolute Gasteiger partial charge is 0.573 e. The van der Waals surface area contributed by atoms with Crippen molar-refractivity contribution in [2.75, 3.05) is 0 Å². The molecule has 152 valence electrons. The van der Waals surface area contributed by atoms with Gasteiger partial charge < -0.3 is 9.30 Å². The summed E-state index contributed by atoms with van der Waals surface area (Å²) in [6.45, 7) is 0. The third-order valence-corrected chi connectivity index (χ3v) is 7.15. The molecule has 0 saturated carbocycles. The molecule has 1 heterocycles. The molecule has 1 aromatic heterocycles. The standard InChI is InChI=1S/C13H3BrCl4F4N2O3S/c14-11-6(3-23)9(28(25,26)12(17,18)19)4-24(11)10-7(15)1-5(2-8(10)16)27-13(20,21)22/h1-2,4H. The highest BCUT2D eigenvalue weighted by Crippen LogP contribution is 2.42. The maximum absolute atomic E-state index is 13.7. The molecule has 0 aliphatic heterocycles. The maximum atomic E-state index is 13.7. The van der Waals surface area contributed by atoms with Crippen LogP contribution in [-0.4, -0.2) is 23.3 Å². The summed E-state index contributed by atoms with van der Waals surface area (Å²) in [6.07, 6.45) is -4.28. The Morgan fingerprint density at radius 1 is 1.14 bits per heavy atom. The van der Waals surface area contributed by atoms with Crippen molar-refractivity contribution in [3.63, 3.8) is 0 Å². The summed E-state index contributed by atoms with van der Waals surface area (Å²) < 4.78 is 75.7. The Morgan fingerprint density at radius 2 is 1.64 bits per heavy atom. The second kappa shape index (κ2) is 7.74. The van der Waals surface area contributed by atoms with Crippen LogP contribution < -0.4 is 4.74 Å². The number of benzene rings is 1. The fourth-order valence-corrected chi connectivity index (χ4v) is 4.78. The van der Waals surface area contributed by atoms with Gasteiger partial charge in [0.05, 0.1) is 15.7 Å². The van der Waals surface area contributed by atoms with Gasteiger partial charge in [-0.15, -0.1) is 13.2 Å². The van der Waals surface area contributed by atoms with E-state index in [0.29, 0.717) is 0 Å². The Kier molecular flexibility index (Phi) is 6.46. The van der Waals surface area contributed by atoms with Crippen molar-refractivity contribution in [3.8, 4) is 17.5 Å². The van der Waals surface area contributed by atoms with Crippen molar-refractivity contribution in [2.45, 2.75) is 15.2 Å². The average Bonchev–Trinajstić information content (AvgIpc) is 2.81. The van der Waals surface area contributed by atoms with Crippen LogP contribution in [0.15, 0.2) is 27.8 Å². The molecular formula is C13H3BrCl4F4N2O3S. The molecular weight excluding hydrogens is 562 g/mol. The Labute approximate surface area is 183 Å². The fraction of sp³-hybridized carbons (Fsp3) is 0.154. The number of rotatable bonds is 4. The highest BCUT2D eigenvalue weighted by molar-refractivity contribution is 9.10. The second-order valence-electron chi connectivity index (χ2n) is 4.87. The summed E-state index contributed by atoms with van der Waals surface area (Å²) in [6, 6.07) is 3.03. The number of ether oxygens (including phenoxy) is 1. The van der Waals surface area contributed by atoms with Crippen LogP contribution in [0.4, 0.5) is 17.6 Å². The van der Waals surface area contributed by atoms with E-state index < -0.39 is 46.4 Å². The Bertz CT molecular complexity index is 1070. The molecule has 0 N–H and O–H groups in total. The van der Waals surface area contributed by atoms with Crippen LogP contribution >= 0.6 is 62.3 Å². The molecule has 0 unspecified atom stereocenters. The molecule has 1 aromatic carbocycles. The number of nitrogens with zero attached hydrogens (tertiary/aromatic N) is 2. The third kappa shape index (κ3) is 4.47. The van der Waals surface area contributed by atoms with Crippen molar-refractivity contribution in [1.29, 1.82) is 5.26 Å². The van der Waals surface area contributed by atoms with Gasteiger partial charge in [-0.2, -0.15) is 9.65 Å². The lowest BCUT2D eigenvalue weighted by Gasteiger charge is -2.14. The summed E-state index contributed by atoms with van der Waals surface area (Å²) in [5.41, 5.74) is -0.817. The van der Waals surface area contributed by atoms with Crippen molar-refractivity contribution in [3.05, 3.63) is 38.5 Å². The molecule has 0 spiro atoms. The first-order valence-electron chi connectivity index (χ1n) is 6.47. The van der Waals surface area contributed by atoms with E-state index in [9.17, 15) is 31.2 Å². The smallest absolute Gasteiger partial charge is 0.406 e. The van der Waals surface area contributed by atoms with Gasteiger partial charge in [0.15, 0.2) is 0 Å². The third-order valence-electron chi connectivity index (χ3n) is 3.08. The predicted octanol–water partition coefficient (Wildman–Crippen LogP) is 6.15. The summed E-state index contributed by atoms with van der Waals surface area (Å²) in [4.78, 5) is -0.905. The quantitative estimate of drug-likeness (QED) is 0.330. The first kappa shape index (κ1) is 23.4. The van der Waals surface area contributed by atoms with Gasteiger partial charge in [0, 0.05) is 18.3 Å². The van der Waals surface area contributed by atoms with Crippen molar-refractivity contribution in [2.24, 2.45) is 0 Å². The van der Waals surface area contributed by atoms with Crippen molar-refractivity contribution >= 4 is 72.2 Å². The van der Waals surface area contributed by atoms with Crippen LogP contribution in [0.2, 0.25) is 10.0 Å². The number of nitriles is 1. The first-order chi connectivity index (χ1) is 12.6. The molecule has 2 rings (SSSR count). The highest BCUT2D eigenvalue weighted by Gasteiger charge is 2.44. The summed E-state index contributed by atoms with van der Waals surface area (Å²) in [5.74, 6) is -0.743. The molecule has 15 heteroatoms. The molecule has 2 aromatic rings. The summed E-state index contributed by atoms with van der Waals surface area (Å²) in [5, 5.41) is 8.41. The van der Waals surface area contributed by atoms with E-state index in [2.05, 4.69) is 20.7 Å². The van der Waals surface area contributed by atoms with Crippen LogP contribution in [0, 0.1) is 11.3 Å². The number of hydrogen-bond acceptors (Lipinski definition) is 4. The maximum Gasteiger partial charge on any atom is 0.573 e. The molecule has 0 aliphatic rings. The normalized spacial score (nSPS) is 12.7. The lowest BCUT2D eigenvalue weighted by Crippen LogP contribution is -2.21. The molecule has 0 radical (unpaired) electrons. The molecule has 0 amide bonds. The van der Waals surface area contributed by atoms with Crippen LogP contribution in [0.25, 0.3) is 5.69 Å². The highest BCUT2D eigenvalue weighted by atomic mass is 79.9. The van der Waals surface area contributed by atoms with Gasteiger partial charge >= 0.3 is 10.3 Å². The van der Waals surface area contributed by atoms with E-state index in [4.69, 9.17) is 46.4 Å². The molecule has 0 atom stereocenters. The molecule has 0 bridgehead atoms. The molecule has 5 nitrogen and oxygen atoms in total. The number of sulfone groups is 1. The minimum absolute atomic E-state index is 0.226. The van der Waals surface area contributed by atoms with Gasteiger partial charge in [0.2, 0.25) is 9.84 Å². The second-order valence-corrected chi connectivity index (χ2v) is 10.1. The lowest BCUT2D eigenvalue weighted by atomic mass is 10.3. The average molecular weight is 565 g/mol. The van der Waals surface area contributed by atoms with E-state index in [0.717, 1.165) is 22.9 Å². The van der Waals surface area contributed by atoms with Crippen LogP contribution in [0.1, 0.15) is 5.56 Å². The van der Waals surface area contributed by atoms with Gasteiger partial charge in [-0.1, -0.05) is 23.2 Å². The van der Waals surface area contributed by atoms with E-state index in [1.165, 1.54) is 6.07 Å². The van der Waals surface area contributed by atoms with Gasteiger partial charge in [-0.25, -0.2) is 8.42 Å². The zero-order valence-electron chi connectivity index (χ0n) is 12.7. The molecule has 0 saturated heterocycles. The van der Waals surface area contributed by atoms with Crippen molar-refractivity contribution < 1.29 is 30.7 Å². The summed E-state index contributed by atoms with van der Waals surface area (Å²) in [7, 11) is -5.06. The minimum Gasteiger partial charge on any atom is -0.406 e. The monoisotopic (exact) mass is 562 g/mol. The van der Waals surface area contributed by atoms with Gasteiger partial charge in [0.25, 0.3) is 0 Å². The zero-order valence-corrected chi connectivity index (χ0v) is 18.1. The molecule has 0 fully saturated rings. The fourth-order valence-electron chi connectivity index (χ4n) is 2.02. The summed E-state index contributed by atoms with van der Waals surface area (Å²) >= 11 is 24.9. The number of aromatic nitrogens is 1. The van der Waals surface area contributed by atoms with Gasteiger partial charge in [-0.05, 0) is 39.1 Å². The van der Waals surface area contributed by atoms with Crippen LogP contribution in [0.3, 0.4) is 0 Å². The SMILES string of the molecule is N#Cc1c(S(=O)(=O)C(F)(Cl)Cl)cn(-c2c(Cl)cc(OC(F)(F)F)cc2Cl)c1Br. The topological polar surface area (TPSA) is 72.1 Å². The Hall–Kier alpha value is -0.900. The minimum atomic E-state index is -5.06. The van der Waals surface area contributed by atoms with Gasteiger partial charge in [0.1, 0.15) is 26.9 Å². The number of halogens is 9. The first-order valence-corrected chi connectivity index (χ1v) is 10.3. The lowest BCUT2D eigenvalue weighted by molar-refractivity contribution is -0.274. The van der Waals surface area contributed by atoms with Gasteiger partial charge in [-0.3, -0.25) is 0 Å². The van der Waals surface area contributed by atoms with Crippen LogP contribution in [-0.2, 0) is 9.84 Å². The van der Waals surface area contributed by atoms with E-state index >= 15 is 0 Å². The number of alkyl halides is 6. The van der Waals surface area contributed by atoms with E-state index in [-0.39, 0.29) is 10.3 Å². The molecule has 0 aliphatic carbocycles. The molecule has 28 heavy (non-hydrogen) atoms. The van der Waals surface area contributed by atoms with E-state index in [1.807, 2.05) is 0 Å². The van der Waals surface area contributed by atoms with E-state index in [1.54, 1.807) is 0 Å². The van der Waals surface area contributed by atoms with Crippen molar-refractivity contribution in [1.82, 2.24) is 4.57 Å². The Balaban J connectivity index is 2.73. The number of hydrogen-bond donors (Lipinski definition) is 0. The predicted molar refractivity (Wildman–Crippen MR) is 97.6 cm³/mol. The zero-order chi connectivity index (χ0) is 21.7.